The Morgan fingerprint density at radius 3 is 2.67 bits per heavy atom. The van der Waals surface area contributed by atoms with E-state index in [0.717, 1.165) is 4.88 Å². The summed E-state index contributed by atoms with van der Waals surface area (Å²) in [6.07, 6.45) is 0. The van der Waals surface area contributed by atoms with Crippen molar-refractivity contribution in [2.75, 3.05) is 12.4 Å². The number of anilines is 1. The number of carboxylic acids is 1. The van der Waals surface area contributed by atoms with Gasteiger partial charge < -0.3 is 20.9 Å². The highest BCUT2D eigenvalue weighted by Crippen LogP contribution is 2.27. The van der Waals surface area contributed by atoms with Crippen molar-refractivity contribution in [1.82, 2.24) is 0 Å². The molecule has 0 saturated heterocycles. The average molecular weight is 306 g/mol. The van der Waals surface area contributed by atoms with E-state index in [1.54, 1.807) is 17.5 Å². The number of hydrogen-bond acceptors (Lipinski definition) is 5. The molecule has 1 aromatic carbocycles. The van der Waals surface area contributed by atoms with Crippen LogP contribution in [0.5, 0.6) is 5.75 Å². The summed E-state index contributed by atoms with van der Waals surface area (Å²) in [7, 11) is 1.51. The van der Waals surface area contributed by atoms with Gasteiger partial charge in [0, 0.05) is 16.8 Å². The molecule has 7 heteroatoms. The molecule has 1 heterocycles. The second-order valence-corrected chi connectivity index (χ2v) is 5.24. The predicted octanol–water partition coefficient (Wildman–Crippen LogP) is 2.17. The van der Waals surface area contributed by atoms with Crippen molar-refractivity contribution in [3.8, 4) is 5.75 Å². The molecule has 0 spiro atoms. The Kier molecular flexibility index (Phi) is 4.44. The van der Waals surface area contributed by atoms with Crippen LogP contribution in [-0.4, -0.2) is 24.1 Å². The maximum atomic E-state index is 11.0. The molecule has 0 fully saturated rings. The minimum Gasteiger partial charge on any atom is -0.495 e. The number of benzene rings is 1. The molecule has 0 bridgehead atoms. The van der Waals surface area contributed by atoms with Crippen LogP contribution in [0.2, 0.25) is 0 Å². The predicted molar refractivity (Wildman–Crippen MR) is 80.1 cm³/mol. The van der Waals surface area contributed by atoms with Crippen molar-refractivity contribution < 1.29 is 19.4 Å². The van der Waals surface area contributed by atoms with E-state index in [0.29, 0.717) is 23.5 Å². The summed E-state index contributed by atoms with van der Waals surface area (Å²) in [6.45, 7) is 0.442. The number of rotatable bonds is 6. The summed E-state index contributed by atoms with van der Waals surface area (Å²) >= 11 is 1.40. The molecule has 0 atom stereocenters. The molecule has 0 aliphatic carbocycles. The third-order valence-electron chi connectivity index (χ3n) is 2.84. The molecule has 4 N–H and O–H groups in total. The number of carboxylic acid groups (broad SMARTS) is 1. The summed E-state index contributed by atoms with van der Waals surface area (Å²) in [5, 5.41) is 13.8. The van der Waals surface area contributed by atoms with Crippen LogP contribution in [0.25, 0.3) is 0 Å². The van der Waals surface area contributed by atoms with Crippen LogP contribution in [0.4, 0.5) is 5.69 Å². The third-order valence-corrected chi connectivity index (χ3v) is 3.77. The van der Waals surface area contributed by atoms with Gasteiger partial charge in [-0.2, -0.15) is 0 Å². The standard InChI is InChI=1S/C14H14N2O4S/c1-20-12-3-2-8(14(18)19)5-11(12)16-6-10-4-9(7-21-10)13(15)17/h2-5,7,16H,6H2,1H3,(H2,15,17)(H,18,19). The summed E-state index contributed by atoms with van der Waals surface area (Å²) in [4.78, 5) is 22.9. The van der Waals surface area contributed by atoms with Gasteiger partial charge in [0.05, 0.1) is 23.9 Å². The highest BCUT2D eigenvalue weighted by molar-refractivity contribution is 7.10. The van der Waals surface area contributed by atoms with Crippen LogP contribution in [0.3, 0.4) is 0 Å². The number of primary amides is 1. The lowest BCUT2D eigenvalue weighted by molar-refractivity contribution is 0.0696. The van der Waals surface area contributed by atoms with Gasteiger partial charge >= 0.3 is 5.97 Å². The first kappa shape index (κ1) is 14.9. The number of carbonyl (C=O) groups excluding carboxylic acids is 1. The van der Waals surface area contributed by atoms with Gasteiger partial charge in [0.15, 0.2) is 0 Å². The Labute approximate surface area is 125 Å². The Hall–Kier alpha value is -2.54. The van der Waals surface area contributed by atoms with Crippen LogP contribution in [0, 0.1) is 0 Å². The number of thiophene rings is 1. The molecule has 1 amide bonds. The number of hydrogen-bond donors (Lipinski definition) is 3. The Balaban J connectivity index is 2.15. The Morgan fingerprint density at radius 1 is 1.33 bits per heavy atom. The molecular formula is C14H14N2O4S. The molecule has 0 aliphatic rings. The first-order chi connectivity index (χ1) is 10.0. The largest absolute Gasteiger partial charge is 0.495 e. The van der Waals surface area contributed by atoms with E-state index in [1.165, 1.54) is 30.6 Å². The zero-order valence-corrected chi connectivity index (χ0v) is 12.1. The van der Waals surface area contributed by atoms with Gasteiger partial charge in [-0.3, -0.25) is 4.79 Å². The van der Waals surface area contributed by atoms with E-state index in [2.05, 4.69) is 5.32 Å². The van der Waals surface area contributed by atoms with E-state index >= 15 is 0 Å². The zero-order valence-electron chi connectivity index (χ0n) is 11.3. The first-order valence-corrected chi connectivity index (χ1v) is 6.91. The van der Waals surface area contributed by atoms with Crippen LogP contribution in [0.1, 0.15) is 25.6 Å². The van der Waals surface area contributed by atoms with Crippen molar-refractivity contribution in [3.05, 3.63) is 45.6 Å². The van der Waals surface area contributed by atoms with Gasteiger partial charge in [0.25, 0.3) is 0 Å². The van der Waals surface area contributed by atoms with Crippen LogP contribution in [-0.2, 0) is 6.54 Å². The first-order valence-electron chi connectivity index (χ1n) is 6.03. The van der Waals surface area contributed by atoms with Crippen molar-refractivity contribution in [1.29, 1.82) is 0 Å². The lowest BCUT2D eigenvalue weighted by Crippen LogP contribution is -2.09. The summed E-state index contributed by atoms with van der Waals surface area (Å²) in [5.41, 5.74) is 6.40. The number of amides is 1. The van der Waals surface area contributed by atoms with E-state index < -0.39 is 11.9 Å². The lowest BCUT2D eigenvalue weighted by Gasteiger charge is -2.11. The molecular weight excluding hydrogens is 292 g/mol. The second kappa shape index (κ2) is 6.27. The van der Waals surface area contributed by atoms with E-state index in [9.17, 15) is 9.59 Å². The number of nitrogens with one attached hydrogen (secondary N) is 1. The Morgan fingerprint density at radius 2 is 2.10 bits per heavy atom. The smallest absolute Gasteiger partial charge is 0.335 e. The number of methoxy groups -OCH3 is 1. The average Bonchev–Trinajstić information content (AvgIpc) is 2.93. The minimum absolute atomic E-state index is 0.169. The van der Waals surface area contributed by atoms with E-state index in [4.69, 9.17) is 15.6 Å². The van der Waals surface area contributed by atoms with Crippen LogP contribution < -0.4 is 15.8 Å². The highest BCUT2D eigenvalue weighted by atomic mass is 32.1. The van der Waals surface area contributed by atoms with Crippen molar-refractivity contribution in [2.45, 2.75) is 6.54 Å². The fraction of sp³-hybridized carbons (Fsp3) is 0.143. The minimum atomic E-state index is -1.01. The van der Waals surface area contributed by atoms with Crippen molar-refractivity contribution >= 4 is 28.9 Å². The van der Waals surface area contributed by atoms with Gasteiger partial charge in [-0.15, -0.1) is 11.3 Å². The van der Waals surface area contributed by atoms with Gasteiger partial charge in [-0.1, -0.05) is 0 Å². The molecule has 2 aromatic rings. The molecule has 0 radical (unpaired) electrons. The normalized spacial score (nSPS) is 10.1. The molecule has 0 unspecified atom stereocenters. The summed E-state index contributed by atoms with van der Waals surface area (Å²) in [5.74, 6) is -0.928. The molecule has 1 aromatic heterocycles. The number of ether oxygens (including phenoxy) is 1. The van der Waals surface area contributed by atoms with Gasteiger partial charge in [0.1, 0.15) is 5.75 Å². The highest BCUT2D eigenvalue weighted by Gasteiger charge is 2.10. The number of aromatic carboxylic acids is 1. The summed E-state index contributed by atoms with van der Waals surface area (Å²) in [6, 6.07) is 6.27. The van der Waals surface area contributed by atoms with Gasteiger partial charge in [-0.25, -0.2) is 4.79 Å². The molecule has 0 saturated carbocycles. The molecule has 110 valence electrons. The lowest BCUT2D eigenvalue weighted by atomic mass is 10.2. The monoisotopic (exact) mass is 306 g/mol. The van der Waals surface area contributed by atoms with Crippen LogP contribution in [0.15, 0.2) is 29.6 Å². The molecule has 2 rings (SSSR count). The van der Waals surface area contributed by atoms with Crippen LogP contribution >= 0.6 is 11.3 Å². The van der Waals surface area contributed by atoms with E-state index in [-0.39, 0.29) is 5.56 Å². The molecule has 0 aliphatic heterocycles. The van der Waals surface area contributed by atoms with Crippen molar-refractivity contribution in [2.24, 2.45) is 5.73 Å². The van der Waals surface area contributed by atoms with Gasteiger partial charge in [-0.05, 0) is 24.3 Å². The number of nitrogens with two attached hydrogens (primary N) is 1. The molecule has 21 heavy (non-hydrogen) atoms. The third kappa shape index (κ3) is 3.51. The zero-order chi connectivity index (χ0) is 15.4. The SMILES string of the molecule is COc1ccc(C(=O)O)cc1NCc1cc(C(N)=O)cs1. The maximum Gasteiger partial charge on any atom is 0.335 e. The fourth-order valence-corrected chi connectivity index (χ4v) is 2.58. The quantitative estimate of drug-likeness (QED) is 0.759. The van der Waals surface area contributed by atoms with Crippen molar-refractivity contribution in [3.63, 3.8) is 0 Å². The maximum absolute atomic E-state index is 11.0. The fourth-order valence-electron chi connectivity index (χ4n) is 1.76. The summed E-state index contributed by atoms with van der Waals surface area (Å²) < 4.78 is 5.19. The van der Waals surface area contributed by atoms with E-state index in [1.807, 2.05) is 0 Å². The number of carbonyl (C=O) groups is 2. The topological polar surface area (TPSA) is 102 Å². The Bertz CT molecular complexity index is 681. The van der Waals surface area contributed by atoms with Gasteiger partial charge in [0.2, 0.25) is 5.91 Å². The second-order valence-electron chi connectivity index (χ2n) is 4.24. The molecule has 6 nitrogen and oxygen atoms in total.